The molecule has 8 nitrogen and oxygen atoms in total. The van der Waals surface area contributed by atoms with Crippen molar-refractivity contribution in [2.24, 2.45) is 0 Å². The molecule has 1 N–H and O–H groups in total. The van der Waals surface area contributed by atoms with Gasteiger partial charge in [0, 0.05) is 18.0 Å². The van der Waals surface area contributed by atoms with Crippen LogP contribution in [-0.2, 0) is 26.2 Å². The number of likely N-dealkylation sites (N-methyl/N-ethyl adjacent to an activating group) is 1. The van der Waals surface area contributed by atoms with Gasteiger partial charge in [-0.2, -0.15) is 0 Å². The van der Waals surface area contributed by atoms with Crippen molar-refractivity contribution in [1.29, 1.82) is 0 Å². The van der Waals surface area contributed by atoms with E-state index < -0.39 is 28.5 Å². The quantitative estimate of drug-likeness (QED) is 0.289. The highest BCUT2D eigenvalue weighted by molar-refractivity contribution is 7.98. The van der Waals surface area contributed by atoms with Gasteiger partial charge in [-0.05, 0) is 80.6 Å². The van der Waals surface area contributed by atoms with Gasteiger partial charge in [0.1, 0.15) is 18.3 Å². The Morgan fingerprint density at radius 2 is 1.57 bits per heavy atom. The molecule has 0 aliphatic carbocycles. The summed E-state index contributed by atoms with van der Waals surface area (Å²) in [6.07, 6.45) is 2.28. The minimum absolute atomic E-state index is 0.0798. The number of benzene rings is 3. The molecule has 0 fully saturated rings. The summed E-state index contributed by atoms with van der Waals surface area (Å²) in [5.74, 6) is -0.107. The number of ether oxygens (including phenoxy) is 1. The number of carbonyl (C=O) groups excluding carboxylic acids is 2. The standard InChI is InChI=1S/C30H37N3O5S2/c1-6-28(30(35)31-7-2)32(20-23-10-14-25(38-4)15-11-23)29(34)21-33(24-12-8-22(3)9-13-24)40(36,37)27-18-16-26(39-5)17-19-27/h8-19,28H,6-7,20-21H2,1-5H3,(H,31,35). The summed E-state index contributed by atoms with van der Waals surface area (Å²) in [6.45, 7) is 5.62. The predicted molar refractivity (Wildman–Crippen MR) is 160 cm³/mol. The number of thioether (sulfide) groups is 1. The van der Waals surface area contributed by atoms with Gasteiger partial charge >= 0.3 is 0 Å². The zero-order chi connectivity index (χ0) is 29.3. The lowest BCUT2D eigenvalue weighted by atomic mass is 10.1. The molecule has 0 bridgehead atoms. The Labute approximate surface area is 241 Å². The van der Waals surface area contributed by atoms with Crippen LogP contribution in [0.4, 0.5) is 5.69 Å². The smallest absolute Gasteiger partial charge is 0.264 e. The number of rotatable bonds is 13. The molecule has 0 aromatic heterocycles. The third-order valence-corrected chi connectivity index (χ3v) is 9.03. The van der Waals surface area contributed by atoms with Crippen molar-refractivity contribution >= 4 is 39.3 Å². The van der Waals surface area contributed by atoms with E-state index in [4.69, 9.17) is 4.74 Å². The molecular formula is C30H37N3O5S2. The van der Waals surface area contributed by atoms with Gasteiger partial charge < -0.3 is 15.0 Å². The maximum atomic E-state index is 14.0. The van der Waals surface area contributed by atoms with E-state index in [0.717, 1.165) is 20.3 Å². The molecule has 0 saturated carbocycles. The number of methoxy groups -OCH3 is 1. The van der Waals surface area contributed by atoms with E-state index in [1.807, 2.05) is 39.2 Å². The number of hydrogen-bond acceptors (Lipinski definition) is 6. The predicted octanol–water partition coefficient (Wildman–Crippen LogP) is 4.86. The number of carbonyl (C=O) groups is 2. The third kappa shape index (κ3) is 7.57. The van der Waals surface area contributed by atoms with Gasteiger partial charge in [0.2, 0.25) is 11.8 Å². The Morgan fingerprint density at radius 3 is 2.10 bits per heavy atom. The fraction of sp³-hybridized carbons (Fsp3) is 0.333. The Hall–Kier alpha value is -3.50. The maximum Gasteiger partial charge on any atom is 0.264 e. The molecule has 0 saturated heterocycles. The van der Waals surface area contributed by atoms with Gasteiger partial charge in [-0.25, -0.2) is 8.42 Å². The van der Waals surface area contributed by atoms with Crippen molar-refractivity contribution in [3.05, 3.63) is 83.9 Å². The van der Waals surface area contributed by atoms with Gasteiger partial charge in [-0.3, -0.25) is 13.9 Å². The monoisotopic (exact) mass is 583 g/mol. The topological polar surface area (TPSA) is 96.0 Å². The van der Waals surface area contributed by atoms with Crippen LogP contribution in [0, 0.1) is 6.92 Å². The van der Waals surface area contributed by atoms with Crippen LogP contribution in [0.25, 0.3) is 0 Å². The van der Waals surface area contributed by atoms with Gasteiger partial charge in [0.05, 0.1) is 17.7 Å². The summed E-state index contributed by atoms with van der Waals surface area (Å²) in [4.78, 5) is 29.5. The van der Waals surface area contributed by atoms with Crippen LogP contribution in [-0.4, -0.2) is 57.6 Å². The molecule has 1 atom stereocenters. The maximum absolute atomic E-state index is 14.0. The summed E-state index contributed by atoms with van der Waals surface area (Å²) in [5, 5.41) is 2.81. The highest BCUT2D eigenvalue weighted by atomic mass is 32.2. The summed E-state index contributed by atoms with van der Waals surface area (Å²) < 4.78 is 34.2. The van der Waals surface area contributed by atoms with Crippen molar-refractivity contribution < 1.29 is 22.7 Å². The molecule has 0 aliphatic heterocycles. The van der Waals surface area contributed by atoms with Crippen LogP contribution in [0.2, 0.25) is 0 Å². The average Bonchev–Trinajstić information content (AvgIpc) is 2.96. The number of nitrogens with zero attached hydrogens (tertiary/aromatic N) is 2. The summed E-state index contributed by atoms with van der Waals surface area (Å²) in [6, 6.07) is 20.0. The SMILES string of the molecule is CCNC(=O)C(CC)N(Cc1ccc(OC)cc1)C(=O)CN(c1ccc(C)cc1)S(=O)(=O)c1ccc(SC)cc1. The van der Waals surface area contributed by atoms with Gasteiger partial charge in [0.15, 0.2) is 0 Å². The summed E-state index contributed by atoms with van der Waals surface area (Å²) >= 11 is 1.51. The number of aryl methyl sites for hydroxylation is 1. The van der Waals surface area contributed by atoms with Crippen LogP contribution in [0.5, 0.6) is 5.75 Å². The Kier molecular flexibility index (Phi) is 11.0. The average molecular weight is 584 g/mol. The first-order chi connectivity index (χ1) is 19.1. The van der Waals surface area contributed by atoms with Gasteiger partial charge in [-0.15, -0.1) is 11.8 Å². The Bertz CT molecular complexity index is 1380. The van der Waals surface area contributed by atoms with E-state index in [1.54, 1.807) is 67.8 Å². The van der Waals surface area contributed by atoms with E-state index >= 15 is 0 Å². The van der Waals surface area contributed by atoms with Gasteiger partial charge in [-0.1, -0.05) is 36.8 Å². The number of nitrogens with one attached hydrogen (secondary N) is 1. The summed E-state index contributed by atoms with van der Waals surface area (Å²) in [5.41, 5.74) is 2.11. The highest BCUT2D eigenvalue weighted by Crippen LogP contribution is 2.27. The first kappa shape index (κ1) is 31.0. The minimum Gasteiger partial charge on any atom is -0.497 e. The van der Waals surface area contributed by atoms with Crippen LogP contribution in [0.1, 0.15) is 31.4 Å². The zero-order valence-corrected chi connectivity index (χ0v) is 25.2. The molecular weight excluding hydrogens is 546 g/mol. The van der Waals surface area contributed by atoms with Crippen LogP contribution < -0.4 is 14.4 Å². The minimum atomic E-state index is -4.11. The molecule has 0 aliphatic rings. The zero-order valence-electron chi connectivity index (χ0n) is 23.6. The third-order valence-electron chi connectivity index (χ3n) is 6.50. The van der Waals surface area contributed by atoms with E-state index in [2.05, 4.69) is 5.32 Å². The van der Waals surface area contributed by atoms with Crippen molar-refractivity contribution in [1.82, 2.24) is 10.2 Å². The fourth-order valence-corrected chi connectivity index (χ4v) is 6.08. The van der Waals surface area contributed by atoms with Crippen LogP contribution in [0.3, 0.4) is 0 Å². The second kappa shape index (κ2) is 14.2. The van der Waals surface area contributed by atoms with E-state index in [0.29, 0.717) is 24.4 Å². The van der Waals surface area contributed by atoms with E-state index in [9.17, 15) is 18.0 Å². The molecule has 0 spiro atoms. The fourth-order valence-electron chi connectivity index (χ4n) is 4.25. The van der Waals surface area contributed by atoms with Crippen molar-refractivity contribution in [3.8, 4) is 5.75 Å². The van der Waals surface area contributed by atoms with Crippen LogP contribution >= 0.6 is 11.8 Å². The van der Waals surface area contributed by atoms with E-state index in [-0.39, 0.29) is 17.3 Å². The van der Waals surface area contributed by atoms with Crippen molar-refractivity contribution in [3.63, 3.8) is 0 Å². The van der Waals surface area contributed by atoms with Crippen molar-refractivity contribution in [2.75, 3.05) is 30.8 Å². The Morgan fingerprint density at radius 1 is 0.950 bits per heavy atom. The van der Waals surface area contributed by atoms with Crippen molar-refractivity contribution in [2.45, 2.75) is 49.6 Å². The molecule has 2 amide bonds. The number of anilines is 1. The number of amides is 2. The molecule has 0 heterocycles. The molecule has 0 radical (unpaired) electrons. The lowest BCUT2D eigenvalue weighted by molar-refractivity contribution is -0.140. The molecule has 10 heteroatoms. The number of sulfonamides is 1. The normalized spacial score (nSPS) is 11.9. The molecule has 214 valence electrons. The first-order valence-corrected chi connectivity index (χ1v) is 15.7. The number of hydrogen-bond donors (Lipinski definition) is 1. The molecule has 3 aromatic rings. The Balaban J connectivity index is 2.04. The van der Waals surface area contributed by atoms with E-state index in [1.165, 1.54) is 16.7 Å². The second-order valence-corrected chi connectivity index (χ2v) is 12.0. The molecule has 1 unspecified atom stereocenters. The largest absolute Gasteiger partial charge is 0.497 e. The first-order valence-electron chi connectivity index (χ1n) is 13.1. The lowest BCUT2D eigenvalue weighted by Crippen LogP contribution is -2.52. The molecule has 3 rings (SSSR count). The van der Waals surface area contributed by atoms with Gasteiger partial charge in [0.25, 0.3) is 10.0 Å². The molecule has 40 heavy (non-hydrogen) atoms. The lowest BCUT2D eigenvalue weighted by Gasteiger charge is -2.33. The van der Waals surface area contributed by atoms with Crippen LogP contribution in [0.15, 0.2) is 82.6 Å². The summed E-state index contributed by atoms with van der Waals surface area (Å²) in [7, 11) is -2.53. The highest BCUT2D eigenvalue weighted by Gasteiger charge is 2.33. The molecule has 3 aromatic carbocycles. The second-order valence-electron chi connectivity index (χ2n) is 9.21.